The van der Waals surface area contributed by atoms with Crippen LogP contribution in [0.1, 0.15) is 27.6 Å². The lowest BCUT2D eigenvalue weighted by atomic mass is 10.2. The number of hydrogen-bond acceptors (Lipinski definition) is 3. The highest BCUT2D eigenvalue weighted by Crippen LogP contribution is 2.14. The second-order valence-electron chi connectivity index (χ2n) is 4.21. The molecule has 2 rings (SSSR count). The van der Waals surface area contributed by atoms with Crippen LogP contribution in [0.2, 0.25) is 0 Å². The van der Waals surface area contributed by atoms with Gasteiger partial charge in [0.25, 0.3) is 5.91 Å². The number of amides is 1. The van der Waals surface area contributed by atoms with Crippen LogP contribution in [0.5, 0.6) is 0 Å². The molecule has 4 heteroatoms. The molecule has 0 aliphatic heterocycles. The Hall–Kier alpha value is -2.23. The molecule has 0 radical (unpaired) electrons. The molecule has 18 heavy (non-hydrogen) atoms. The van der Waals surface area contributed by atoms with Crippen molar-refractivity contribution in [3.8, 4) is 0 Å². The zero-order chi connectivity index (χ0) is 13.1. The number of carbonyl (C=O) groups excluding carboxylic acids is 1. The van der Waals surface area contributed by atoms with E-state index in [2.05, 4.69) is 15.3 Å². The zero-order valence-electron chi connectivity index (χ0n) is 10.7. The van der Waals surface area contributed by atoms with Crippen LogP contribution in [0.3, 0.4) is 0 Å². The number of anilines is 1. The van der Waals surface area contributed by atoms with Gasteiger partial charge in [-0.05, 0) is 38.5 Å². The molecule has 0 aliphatic rings. The monoisotopic (exact) mass is 241 g/mol. The summed E-state index contributed by atoms with van der Waals surface area (Å²) >= 11 is 0. The lowest BCUT2D eigenvalue weighted by Gasteiger charge is -2.08. The fourth-order valence-corrected chi connectivity index (χ4v) is 1.73. The third kappa shape index (κ3) is 2.71. The second-order valence-corrected chi connectivity index (χ2v) is 4.21. The number of para-hydroxylation sites is 1. The summed E-state index contributed by atoms with van der Waals surface area (Å²) < 4.78 is 0. The van der Waals surface area contributed by atoms with Crippen molar-refractivity contribution in [3.05, 3.63) is 53.1 Å². The molecule has 0 spiro atoms. The van der Waals surface area contributed by atoms with Crippen LogP contribution in [0.25, 0.3) is 0 Å². The Morgan fingerprint density at radius 2 is 1.83 bits per heavy atom. The van der Waals surface area contributed by atoms with Gasteiger partial charge in [-0.1, -0.05) is 18.2 Å². The van der Waals surface area contributed by atoms with Crippen LogP contribution in [0.15, 0.2) is 30.3 Å². The molecule has 1 aromatic heterocycles. The molecule has 0 fully saturated rings. The highest BCUT2D eigenvalue weighted by atomic mass is 16.1. The molecule has 1 N–H and O–H groups in total. The van der Waals surface area contributed by atoms with E-state index < -0.39 is 0 Å². The molecule has 0 aliphatic carbocycles. The second kappa shape index (κ2) is 4.96. The lowest BCUT2D eigenvalue weighted by Crippen LogP contribution is -2.15. The summed E-state index contributed by atoms with van der Waals surface area (Å²) in [5.74, 6) is 0.392. The Balaban J connectivity index is 2.25. The number of rotatable bonds is 2. The fourth-order valence-electron chi connectivity index (χ4n) is 1.73. The summed E-state index contributed by atoms with van der Waals surface area (Å²) in [6, 6.07) is 9.32. The van der Waals surface area contributed by atoms with Crippen LogP contribution >= 0.6 is 0 Å². The summed E-state index contributed by atoms with van der Waals surface area (Å²) in [5.41, 5.74) is 3.01. The number of benzene rings is 1. The normalized spacial score (nSPS) is 10.2. The number of nitrogens with zero attached hydrogens (tertiary/aromatic N) is 2. The number of aryl methyl sites for hydroxylation is 3. The Morgan fingerprint density at radius 3 is 2.50 bits per heavy atom. The van der Waals surface area contributed by atoms with Gasteiger partial charge in [0.2, 0.25) is 0 Å². The summed E-state index contributed by atoms with van der Waals surface area (Å²) in [6.07, 6.45) is 0. The van der Waals surface area contributed by atoms with E-state index >= 15 is 0 Å². The maximum atomic E-state index is 12.1. The number of hydrogen-bond donors (Lipinski definition) is 1. The Morgan fingerprint density at radius 1 is 1.11 bits per heavy atom. The van der Waals surface area contributed by atoms with Gasteiger partial charge in [-0.15, -0.1) is 0 Å². The fraction of sp³-hybridized carbons (Fsp3) is 0.214. The van der Waals surface area contributed by atoms with Gasteiger partial charge in [0.1, 0.15) is 11.5 Å². The first-order chi connectivity index (χ1) is 8.56. The van der Waals surface area contributed by atoms with Crippen molar-refractivity contribution in [2.75, 3.05) is 5.32 Å². The molecule has 0 saturated heterocycles. The molecule has 92 valence electrons. The van der Waals surface area contributed by atoms with Crippen molar-refractivity contribution in [1.82, 2.24) is 9.97 Å². The molecular formula is C14H15N3O. The van der Waals surface area contributed by atoms with Crippen molar-refractivity contribution in [2.45, 2.75) is 20.8 Å². The van der Waals surface area contributed by atoms with Gasteiger partial charge >= 0.3 is 0 Å². The molecule has 1 amide bonds. The molecule has 0 saturated carbocycles. The van der Waals surface area contributed by atoms with Gasteiger partial charge in [0.05, 0.1) is 0 Å². The Labute approximate surface area is 106 Å². The van der Waals surface area contributed by atoms with E-state index in [1.54, 1.807) is 13.0 Å². The number of carbonyl (C=O) groups is 1. The van der Waals surface area contributed by atoms with Crippen molar-refractivity contribution in [3.63, 3.8) is 0 Å². The van der Waals surface area contributed by atoms with Gasteiger partial charge in [0, 0.05) is 11.4 Å². The van der Waals surface area contributed by atoms with Gasteiger partial charge in [-0.2, -0.15) is 0 Å². The predicted molar refractivity (Wildman–Crippen MR) is 70.6 cm³/mol. The van der Waals surface area contributed by atoms with Crippen LogP contribution in [-0.4, -0.2) is 15.9 Å². The molecule has 0 unspecified atom stereocenters. The van der Waals surface area contributed by atoms with Crippen molar-refractivity contribution in [1.29, 1.82) is 0 Å². The molecule has 0 bridgehead atoms. The Kier molecular flexibility index (Phi) is 3.37. The summed E-state index contributed by atoms with van der Waals surface area (Å²) in [4.78, 5) is 20.4. The van der Waals surface area contributed by atoms with E-state index in [1.807, 2.05) is 38.1 Å². The predicted octanol–water partition coefficient (Wildman–Crippen LogP) is 2.65. The zero-order valence-corrected chi connectivity index (χ0v) is 10.7. The van der Waals surface area contributed by atoms with Crippen LogP contribution in [0.4, 0.5) is 5.69 Å². The lowest BCUT2D eigenvalue weighted by molar-refractivity contribution is 0.102. The van der Waals surface area contributed by atoms with E-state index in [4.69, 9.17) is 0 Å². The molecule has 0 atom stereocenters. The SMILES string of the molecule is Cc1cc(C(=O)Nc2ccccc2C)nc(C)n1. The highest BCUT2D eigenvalue weighted by Gasteiger charge is 2.10. The van der Waals surface area contributed by atoms with Gasteiger partial charge in [0.15, 0.2) is 0 Å². The molecular weight excluding hydrogens is 226 g/mol. The van der Waals surface area contributed by atoms with Crippen LogP contribution < -0.4 is 5.32 Å². The van der Waals surface area contributed by atoms with Crippen molar-refractivity contribution < 1.29 is 4.79 Å². The van der Waals surface area contributed by atoms with Gasteiger partial charge < -0.3 is 5.32 Å². The third-order valence-corrected chi connectivity index (χ3v) is 2.59. The topological polar surface area (TPSA) is 54.9 Å². The van der Waals surface area contributed by atoms with Crippen LogP contribution in [-0.2, 0) is 0 Å². The third-order valence-electron chi connectivity index (χ3n) is 2.59. The van der Waals surface area contributed by atoms with E-state index in [0.29, 0.717) is 11.5 Å². The first-order valence-electron chi connectivity index (χ1n) is 5.75. The number of nitrogens with one attached hydrogen (secondary N) is 1. The molecule has 1 heterocycles. The first-order valence-corrected chi connectivity index (χ1v) is 5.75. The standard InChI is InChI=1S/C14H15N3O/c1-9-6-4-5-7-12(9)17-14(18)13-8-10(2)15-11(3)16-13/h4-8H,1-3H3,(H,17,18). The van der Waals surface area contributed by atoms with Gasteiger partial charge in [-0.25, -0.2) is 9.97 Å². The first kappa shape index (κ1) is 12.2. The smallest absolute Gasteiger partial charge is 0.274 e. The average Bonchev–Trinajstić information content (AvgIpc) is 2.31. The summed E-state index contributed by atoms with van der Waals surface area (Å²) in [7, 11) is 0. The maximum absolute atomic E-state index is 12.1. The van der Waals surface area contributed by atoms with Crippen molar-refractivity contribution in [2.24, 2.45) is 0 Å². The largest absolute Gasteiger partial charge is 0.320 e. The summed E-state index contributed by atoms with van der Waals surface area (Å²) in [6.45, 7) is 5.57. The van der Waals surface area contributed by atoms with Crippen molar-refractivity contribution >= 4 is 11.6 Å². The Bertz CT molecular complexity index is 573. The minimum absolute atomic E-state index is 0.210. The van der Waals surface area contributed by atoms with E-state index in [1.165, 1.54) is 0 Å². The average molecular weight is 241 g/mol. The van der Waals surface area contributed by atoms with E-state index in [9.17, 15) is 4.79 Å². The number of aromatic nitrogens is 2. The highest BCUT2D eigenvalue weighted by molar-refractivity contribution is 6.03. The molecule has 1 aromatic carbocycles. The van der Waals surface area contributed by atoms with E-state index in [-0.39, 0.29) is 5.91 Å². The van der Waals surface area contributed by atoms with Gasteiger partial charge in [-0.3, -0.25) is 4.79 Å². The summed E-state index contributed by atoms with van der Waals surface area (Å²) in [5, 5.41) is 2.85. The minimum Gasteiger partial charge on any atom is -0.320 e. The quantitative estimate of drug-likeness (QED) is 0.879. The molecule has 2 aromatic rings. The molecule has 4 nitrogen and oxygen atoms in total. The maximum Gasteiger partial charge on any atom is 0.274 e. The van der Waals surface area contributed by atoms with E-state index in [0.717, 1.165) is 16.9 Å². The van der Waals surface area contributed by atoms with Crippen LogP contribution in [0, 0.1) is 20.8 Å². The minimum atomic E-state index is -0.210.